The van der Waals surface area contributed by atoms with Crippen LogP contribution in [-0.2, 0) is 0 Å². The van der Waals surface area contributed by atoms with Crippen LogP contribution in [0.25, 0.3) is 0 Å². The van der Waals surface area contributed by atoms with Gasteiger partial charge in [-0.15, -0.1) is 0 Å². The lowest BCUT2D eigenvalue weighted by Crippen LogP contribution is -2.36. The van der Waals surface area contributed by atoms with Gasteiger partial charge in [0.1, 0.15) is 5.82 Å². The lowest BCUT2D eigenvalue weighted by Gasteiger charge is -2.27. The first-order valence-electron chi connectivity index (χ1n) is 6.97. The van der Waals surface area contributed by atoms with E-state index >= 15 is 0 Å². The van der Waals surface area contributed by atoms with Crippen molar-refractivity contribution in [3.05, 3.63) is 65.0 Å². The lowest BCUT2D eigenvalue weighted by molar-refractivity contribution is 0.626. The number of guanidine groups is 1. The Bertz CT molecular complexity index is 689. The zero-order valence-corrected chi connectivity index (χ0v) is 12.2. The second-order valence-electron chi connectivity index (χ2n) is 5.49. The average molecular weight is 283 g/mol. The lowest BCUT2D eigenvalue weighted by atomic mass is 10.0. The van der Waals surface area contributed by atoms with Crippen LogP contribution in [0.15, 0.2) is 47.5 Å². The SMILES string of the molecule is Cc1cc(C)cc(C2CN=C(N)N2c2cccc(F)c2)c1. The Kier molecular flexibility index (Phi) is 3.37. The summed E-state index contributed by atoms with van der Waals surface area (Å²) in [5.74, 6) is 0.163. The normalized spacial score (nSPS) is 18.0. The van der Waals surface area contributed by atoms with E-state index in [0.717, 1.165) is 11.3 Å². The number of anilines is 1. The predicted molar refractivity (Wildman–Crippen MR) is 84.0 cm³/mol. The molecule has 3 nitrogen and oxygen atoms in total. The largest absolute Gasteiger partial charge is 0.369 e. The second-order valence-corrected chi connectivity index (χ2v) is 5.49. The third-order valence-electron chi connectivity index (χ3n) is 3.70. The van der Waals surface area contributed by atoms with Crippen LogP contribution >= 0.6 is 0 Å². The minimum absolute atomic E-state index is 0.0189. The van der Waals surface area contributed by atoms with E-state index in [9.17, 15) is 4.39 Å². The molecule has 1 atom stereocenters. The summed E-state index contributed by atoms with van der Waals surface area (Å²) in [4.78, 5) is 6.24. The first kappa shape index (κ1) is 13.6. The Morgan fingerprint density at radius 2 is 1.86 bits per heavy atom. The van der Waals surface area contributed by atoms with Gasteiger partial charge in [0.2, 0.25) is 0 Å². The quantitative estimate of drug-likeness (QED) is 0.918. The van der Waals surface area contributed by atoms with E-state index in [4.69, 9.17) is 5.73 Å². The first-order chi connectivity index (χ1) is 10.0. The van der Waals surface area contributed by atoms with Crippen molar-refractivity contribution in [3.63, 3.8) is 0 Å². The van der Waals surface area contributed by atoms with Crippen molar-refractivity contribution in [2.75, 3.05) is 11.4 Å². The fourth-order valence-corrected chi connectivity index (χ4v) is 2.89. The van der Waals surface area contributed by atoms with E-state index in [1.165, 1.54) is 23.3 Å². The molecule has 1 aliphatic heterocycles. The van der Waals surface area contributed by atoms with Crippen LogP contribution in [0.2, 0.25) is 0 Å². The molecule has 1 aliphatic rings. The number of benzene rings is 2. The summed E-state index contributed by atoms with van der Waals surface area (Å²) in [6.07, 6.45) is 0. The van der Waals surface area contributed by atoms with Crippen molar-refractivity contribution in [3.8, 4) is 0 Å². The van der Waals surface area contributed by atoms with Crippen LogP contribution in [0.5, 0.6) is 0 Å². The number of rotatable bonds is 2. The molecule has 0 saturated carbocycles. The number of nitrogens with zero attached hydrogens (tertiary/aromatic N) is 2. The molecule has 21 heavy (non-hydrogen) atoms. The first-order valence-corrected chi connectivity index (χ1v) is 6.97. The van der Waals surface area contributed by atoms with E-state index in [1.54, 1.807) is 6.07 Å². The fourth-order valence-electron chi connectivity index (χ4n) is 2.89. The Hall–Kier alpha value is -2.36. The number of hydrogen-bond donors (Lipinski definition) is 1. The molecule has 0 amide bonds. The Morgan fingerprint density at radius 1 is 1.14 bits per heavy atom. The van der Waals surface area contributed by atoms with Gasteiger partial charge >= 0.3 is 0 Å². The molecular weight excluding hydrogens is 265 g/mol. The molecule has 0 spiro atoms. The Balaban J connectivity index is 2.02. The monoisotopic (exact) mass is 283 g/mol. The van der Waals surface area contributed by atoms with E-state index < -0.39 is 0 Å². The molecule has 3 rings (SSSR count). The summed E-state index contributed by atoms with van der Waals surface area (Å²) < 4.78 is 13.5. The van der Waals surface area contributed by atoms with Crippen molar-refractivity contribution in [1.29, 1.82) is 0 Å². The molecule has 0 aromatic heterocycles. The van der Waals surface area contributed by atoms with Gasteiger partial charge in [-0.25, -0.2) is 4.39 Å². The summed E-state index contributed by atoms with van der Waals surface area (Å²) >= 11 is 0. The summed E-state index contributed by atoms with van der Waals surface area (Å²) in [6.45, 7) is 4.73. The van der Waals surface area contributed by atoms with Gasteiger partial charge < -0.3 is 10.6 Å². The molecule has 1 unspecified atom stereocenters. The highest BCUT2D eigenvalue weighted by Crippen LogP contribution is 2.32. The summed E-state index contributed by atoms with van der Waals surface area (Å²) in [5, 5.41) is 0. The van der Waals surface area contributed by atoms with E-state index in [2.05, 4.69) is 37.0 Å². The summed E-state index contributed by atoms with van der Waals surface area (Å²) in [5.41, 5.74) is 10.3. The van der Waals surface area contributed by atoms with Crippen molar-refractivity contribution in [2.24, 2.45) is 10.7 Å². The van der Waals surface area contributed by atoms with E-state index in [-0.39, 0.29) is 11.9 Å². The number of halogens is 1. The van der Waals surface area contributed by atoms with Crippen LogP contribution < -0.4 is 10.6 Å². The molecule has 2 N–H and O–H groups in total. The van der Waals surface area contributed by atoms with Crippen molar-refractivity contribution < 1.29 is 4.39 Å². The minimum atomic E-state index is -0.272. The van der Waals surface area contributed by atoms with Crippen molar-refractivity contribution in [1.82, 2.24) is 0 Å². The standard InChI is InChI=1S/C17H18FN3/c1-11-6-12(2)8-13(7-11)16-10-20-17(19)21(16)15-5-3-4-14(18)9-15/h3-9,16H,10H2,1-2H3,(H2,19,20). The molecule has 4 heteroatoms. The van der Waals surface area contributed by atoms with Gasteiger partial charge in [0.15, 0.2) is 5.96 Å². The predicted octanol–water partition coefficient (Wildman–Crippen LogP) is 3.32. The van der Waals surface area contributed by atoms with Gasteiger partial charge in [0.25, 0.3) is 0 Å². The molecule has 0 saturated heterocycles. The topological polar surface area (TPSA) is 41.6 Å². The molecule has 0 aliphatic carbocycles. The molecular formula is C17H18FN3. The zero-order valence-electron chi connectivity index (χ0n) is 12.2. The van der Waals surface area contributed by atoms with Gasteiger partial charge in [-0.2, -0.15) is 0 Å². The van der Waals surface area contributed by atoms with Crippen LogP contribution in [-0.4, -0.2) is 12.5 Å². The van der Waals surface area contributed by atoms with Crippen molar-refractivity contribution >= 4 is 11.6 Å². The van der Waals surface area contributed by atoms with Crippen LogP contribution in [0.3, 0.4) is 0 Å². The number of aliphatic imine (C=N–C) groups is 1. The Morgan fingerprint density at radius 3 is 2.52 bits per heavy atom. The maximum Gasteiger partial charge on any atom is 0.196 e. The maximum atomic E-state index is 13.5. The molecule has 108 valence electrons. The molecule has 0 fully saturated rings. The number of aryl methyl sites for hydroxylation is 2. The van der Waals surface area contributed by atoms with Crippen molar-refractivity contribution in [2.45, 2.75) is 19.9 Å². The van der Waals surface area contributed by atoms with Gasteiger partial charge in [0, 0.05) is 5.69 Å². The highest BCUT2D eigenvalue weighted by atomic mass is 19.1. The fraction of sp³-hybridized carbons (Fsp3) is 0.235. The summed E-state index contributed by atoms with van der Waals surface area (Å²) in [6, 6.07) is 12.9. The van der Waals surface area contributed by atoms with Crippen LogP contribution in [0.4, 0.5) is 10.1 Å². The maximum absolute atomic E-state index is 13.5. The van der Waals surface area contributed by atoms with Gasteiger partial charge in [0.05, 0.1) is 12.6 Å². The van der Waals surface area contributed by atoms with Crippen LogP contribution in [0, 0.1) is 19.7 Å². The zero-order chi connectivity index (χ0) is 15.0. The molecule has 0 radical (unpaired) electrons. The molecule has 1 heterocycles. The van der Waals surface area contributed by atoms with Crippen LogP contribution in [0.1, 0.15) is 22.7 Å². The highest BCUT2D eigenvalue weighted by Gasteiger charge is 2.29. The second kappa shape index (κ2) is 5.20. The Labute approximate surface area is 123 Å². The summed E-state index contributed by atoms with van der Waals surface area (Å²) in [7, 11) is 0. The molecule has 0 bridgehead atoms. The van der Waals surface area contributed by atoms with Gasteiger partial charge in [-0.1, -0.05) is 35.4 Å². The third kappa shape index (κ3) is 2.61. The third-order valence-corrected chi connectivity index (χ3v) is 3.70. The highest BCUT2D eigenvalue weighted by molar-refractivity contribution is 5.97. The van der Waals surface area contributed by atoms with Gasteiger partial charge in [-0.05, 0) is 37.6 Å². The molecule has 2 aromatic carbocycles. The number of hydrogen-bond acceptors (Lipinski definition) is 3. The van der Waals surface area contributed by atoms with E-state index in [1.807, 2.05) is 11.0 Å². The van der Waals surface area contributed by atoms with Gasteiger partial charge in [-0.3, -0.25) is 4.99 Å². The average Bonchev–Trinajstić information content (AvgIpc) is 2.79. The van der Waals surface area contributed by atoms with E-state index in [0.29, 0.717) is 12.5 Å². The number of nitrogens with two attached hydrogens (primary N) is 1. The smallest absolute Gasteiger partial charge is 0.196 e. The minimum Gasteiger partial charge on any atom is -0.369 e. The molecule has 2 aromatic rings.